The largest absolute Gasteiger partial charge is 0.337 e. The van der Waals surface area contributed by atoms with Crippen LogP contribution in [-0.4, -0.2) is 42.4 Å². The average molecular weight is 399 g/mol. The molecule has 3 nitrogen and oxygen atoms in total. The predicted molar refractivity (Wildman–Crippen MR) is 122 cm³/mol. The molecule has 154 valence electrons. The van der Waals surface area contributed by atoms with Crippen LogP contribution in [0.2, 0.25) is 0 Å². The van der Waals surface area contributed by atoms with Gasteiger partial charge in [-0.2, -0.15) is 0 Å². The molecule has 1 fully saturated rings. The number of hydrogen-bond donors (Lipinski definition) is 0. The Kier molecular flexibility index (Phi) is 6.60. The zero-order chi connectivity index (χ0) is 20.8. The van der Waals surface area contributed by atoms with Gasteiger partial charge in [-0.05, 0) is 42.6 Å². The number of likely N-dealkylation sites (tertiary alicyclic amines) is 1. The summed E-state index contributed by atoms with van der Waals surface area (Å²) in [5, 5.41) is 0. The van der Waals surface area contributed by atoms with Gasteiger partial charge in [-0.1, -0.05) is 91.0 Å². The molecule has 1 amide bonds. The molecular formula is C27H30N2O. The highest BCUT2D eigenvalue weighted by atomic mass is 16.2. The third-order valence-corrected chi connectivity index (χ3v) is 6.14. The summed E-state index contributed by atoms with van der Waals surface area (Å²) in [7, 11) is 1.97. The van der Waals surface area contributed by atoms with E-state index in [0.717, 1.165) is 30.8 Å². The van der Waals surface area contributed by atoms with E-state index in [1.807, 2.05) is 54.4 Å². The Morgan fingerprint density at radius 3 is 1.67 bits per heavy atom. The highest BCUT2D eigenvalue weighted by Crippen LogP contribution is 2.31. The van der Waals surface area contributed by atoms with E-state index < -0.39 is 0 Å². The van der Waals surface area contributed by atoms with Crippen LogP contribution in [0.4, 0.5) is 0 Å². The smallest absolute Gasteiger partial charge is 0.234 e. The predicted octanol–water partition coefficient (Wildman–Crippen LogP) is 5.11. The lowest BCUT2D eigenvalue weighted by atomic mass is 9.89. The summed E-state index contributed by atoms with van der Waals surface area (Å²) >= 11 is 0. The second-order valence-corrected chi connectivity index (χ2v) is 8.14. The molecule has 1 saturated heterocycles. The molecule has 3 aromatic rings. The first-order valence-electron chi connectivity index (χ1n) is 10.9. The summed E-state index contributed by atoms with van der Waals surface area (Å²) in [6, 6.07) is 30.8. The Morgan fingerprint density at radius 2 is 1.20 bits per heavy atom. The van der Waals surface area contributed by atoms with Crippen LogP contribution < -0.4 is 0 Å². The van der Waals surface area contributed by atoms with Gasteiger partial charge in [-0.25, -0.2) is 0 Å². The molecule has 0 N–H and O–H groups in total. The SMILES string of the molecule is CN(C(=O)C(c1ccccc1)c1ccccc1)[C@H](CN1CCCC1)c1ccccc1. The average Bonchev–Trinajstić information content (AvgIpc) is 3.32. The van der Waals surface area contributed by atoms with Gasteiger partial charge in [0.2, 0.25) is 5.91 Å². The van der Waals surface area contributed by atoms with Gasteiger partial charge in [0.05, 0.1) is 12.0 Å². The van der Waals surface area contributed by atoms with Crippen LogP contribution in [0.15, 0.2) is 91.0 Å². The molecule has 4 rings (SSSR count). The van der Waals surface area contributed by atoms with E-state index in [9.17, 15) is 4.79 Å². The van der Waals surface area contributed by atoms with E-state index in [1.54, 1.807) is 0 Å². The van der Waals surface area contributed by atoms with Crippen molar-refractivity contribution in [1.29, 1.82) is 0 Å². The first-order valence-corrected chi connectivity index (χ1v) is 10.9. The summed E-state index contributed by atoms with van der Waals surface area (Å²) in [5.41, 5.74) is 3.27. The fourth-order valence-corrected chi connectivity index (χ4v) is 4.46. The molecule has 1 aliphatic heterocycles. The summed E-state index contributed by atoms with van der Waals surface area (Å²) in [6.45, 7) is 3.11. The van der Waals surface area contributed by atoms with E-state index in [4.69, 9.17) is 0 Å². The van der Waals surface area contributed by atoms with Crippen molar-refractivity contribution in [3.63, 3.8) is 0 Å². The van der Waals surface area contributed by atoms with Crippen molar-refractivity contribution in [2.24, 2.45) is 0 Å². The molecule has 1 aliphatic rings. The summed E-state index contributed by atoms with van der Waals surface area (Å²) in [6.07, 6.45) is 2.49. The molecule has 3 aromatic carbocycles. The maximum Gasteiger partial charge on any atom is 0.234 e. The van der Waals surface area contributed by atoms with E-state index >= 15 is 0 Å². The molecular weight excluding hydrogens is 368 g/mol. The number of benzene rings is 3. The van der Waals surface area contributed by atoms with Gasteiger partial charge in [0, 0.05) is 13.6 Å². The lowest BCUT2D eigenvalue weighted by Gasteiger charge is -2.34. The quantitative estimate of drug-likeness (QED) is 0.552. The van der Waals surface area contributed by atoms with Gasteiger partial charge in [0.1, 0.15) is 0 Å². The Balaban J connectivity index is 1.67. The van der Waals surface area contributed by atoms with Crippen LogP contribution in [0, 0.1) is 0 Å². The van der Waals surface area contributed by atoms with E-state index in [0.29, 0.717) is 0 Å². The van der Waals surface area contributed by atoms with Gasteiger partial charge in [-0.15, -0.1) is 0 Å². The first-order chi connectivity index (χ1) is 14.7. The van der Waals surface area contributed by atoms with Crippen molar-refractivity contribution in [3.05, 3.63) is 108 Å². The number of nitrogens with zero attached hydrogens (tertiary/aromatic N) is 2. The maximum atomic E-state index is 13.9. The van der Waals surface area contributed by atoms with Gasteiger partial charge >= 0.3 is 0 Å². The zero-order valence-electron chi connectivity index (χ0n) is 17.7. The number of likely N-dealkylation sites (N-methyl/N-ethyl adjacent to an activating group) is 1. The third kappa shape index (κ3) is 4.63. The van der Waals surface area contributed by atoms with Crippen molar-refractivity contribution >= 4 is 5.91 Å². The molecule has 0 bridgehead atoms. The first kappa shape index (κ1) is 20.4. The normalized spacial score (nSPS) is 15.3. The van der Waals surface area contributed by atoms with Crippen molar-refractivity contribution in [1.82, 2.24) is 9.80 Å². The van der Waals surface area contributed by atoms with Gasteiger partial charge in [0.25, 0.3) is 0 Å². The van der Waals surface area contributed by atoms with Crippen molar-refractivity contribution in [2.45, 2.75) is 24.8 Å². The van der Waals surface area contributed by atoms with Gasteiger partial charge < -0.3 is 9.80 Å². The second kappa shape index (κ2) is 9.73. The Bertz CT molecular complexity index is 881. The number of amides is 1. The van der Waals surface area contributed by atoms with Crippen LogP contribution in [0.3, 0.4) is 0 Å². The second-order valence-electron chi connectivity index (χ2n) is 8.14. The lowest BCUT2D eigenvalue weighted by molar-refractivity contribution is -0.133. The Hall–Kier alpha value is -2.91. The van der Waals surface area contributed by atoms with Crippen molar-refractivity contribution in [3.8, 4) is 0 Å². The number of rotatable bonds is 7. The molecule has 0 aromatic heterocycles. The fourth-order valence-electron chi connectivity index (χ4n) is 4.46. The highest BCUT2D eigenvalue weighted by Gasteiger charge is 2.31. The fraction of sp³-hybridized carbons (Fsp3) is 0.296. The maximum absolute atomic E-state index is 13.9. The van der Waals surface area contributed by atoms with Crippen molar-refractivity contribution < 1.29 is 4.79 Å². The Morgan fingerprint density at radius 1 is 0.767 bits per heavy atom. The van der Waals surface area contributed by atoms with Crippen LogP contribution in [0.5, 0.6) is 0 Å². The minimum Gasteiger partial charge on any atom is -0.337 e. The topological polar surface area (TPSA) is 23.6 Å². The molecule has 1 heterocycles. The highest BCUT2D eigenvalue weighted by molar-refractivity contribution is 5.87. The summed E-state index contributed by atoms with van der Waals surface area (Å²) in [5.74, 6) is -0.164. The number of carbonyl (C=O) groups is 1. The lowest BCUT2D eigenvalue weighted by Crippen LogP contribution is -2.40. The van der Waals surface area contributed by atoms with Gasteiger partial charge in [-0.3, -0.25) is 4.79 Å². The van der Waals surface area contributed by atoms with Crippen LogP contribution in [-0.2, 0) is 4.79 Å². The minimum absolute atomic E-state index is 0.0340. The van der Waals surface area contributed by atoms with E-state index in [-0.39, 0.29) is 17.9 Å². The van der Waals surface area contributed by atoms with Gasteiger partial charge in [0.15, 0.2) is 0 Å². The Labute approximate surface area is 180 Å². The van der Waals surface area contributed by atoms with Crippen LogP contribution in [0.1, 0.15) is 41.5 Å². The van der Waals surface area contributed by atoms with E-state index in [1.165, 1.54) is 18.4 Å². The van der Waals surface area contributed by atoms with Crippen LogP contribution in [0.25, 0.3) is 0 Å². The zero-order valence-corrected chi connectivity index (χ0v) is 17.7. The van der Waals surface area contributed by atoms with Crippen LogP contribution >= 0.6 is 0 Å². The number of hydrogen-bond acceptors (Lipinski definition) is 2. The molecule has 0 spiro atoms. The standard InChI is InChI=1S/C27H30N2O/c1-28(25(21-29-19-11-12-20-29)22-13-5-2-6-14-22)27(30)26(23-15-7-3-8-16-23)24-17-9-4-10-18-24/h2-10,13-18,25-26H,11-12,19-21H2,1H3/t25-/m1/s1. The monoisotopic (exact) mass is 398 g/mol. The molecule has 0 unspecified atom stereocenters. The minimum atomic E-state index is -0.304. The third-order valence-electron chi connectivity index (χ3n) is 6.14. The molecule has 30 heavy (non-hydrogen) atoms. The summed E-state index contributed by atoms with van der Waals surface area (Å²) in [4.78, 5) is 18.4. The summed E-state index contributed by atoms with van der Waals surface area (Å²) < 4.78 is 0. The molecule has 1 atom stereocenters. The van der Waals surface area contributed by atoms with E-state index in [2.05, 4.69) is 53.4 Å². The van der Waals surface area contributed by atoms with Crippen molar-refractivity contribution in [2.75, 3.05) is 26.7 Å². The molecule has 0 radical (unpaired) electrons. The molecule has 3 heteroatoms. The number of carbonyl (C=O) groups excluding carboxylic acids is 1. The molecule has 0 saturated carbocycles. The molecule has 0 aliphatic carbocycles.